The molecule has 102 valence electrons. The molecular weight excluding hydrogens is 244 g/mol. The quantitative estimate of drug-likeness (QED) is 0.677. The van der Waals surface area contributed by atoms with Crippen LogP contribution in [0.2, 0.25) is 0 Å². The molecule has 0 spiro atoms. The molecule has 0 bridgehead atoms. The fourth-order valence-corrected chi connectivity index (χ4v) is 2.14. The number of nitrogens with one attached hydrogen (secondary N) is 1. The molecule has 2 rings (SSSR count). The van der Waals surface area contributed by atoms with E-state index in [1.807, 2.05) is 0 Å². The molecule has 1 saturated heterocycles. The van der Waals surface area contributed by atoms with Crippen molar-refractivity contribution in [2.75, 3.05) is 31.1 Å². The second-order valence-electron chi connectivity index (χ2n) is 4.66. The summed E-state index contributed by atoms with van der Waals surface area (Å²) in [5, 5.41) is 2.59. The molecule has 1 aliphatic heterocycles. The fraction of sp³-hybridized carbons (Fsp3) is 0.385. The summed E-state index contributed by atoms with van der Waals surface area (Å²) in [5.74, 6) is -0.394. The molecule has 1 fully saturated rings. The van der Waals surface area contributed by atoms with E-state index in [0.29, 0.717) is 16.9 Å². The molecule has 5 N–H and O–H groups in total. The fourth-order valence-electron chi connectivity index (χ4n) is 2.14. The van der Waals surface area contributed by atoms with Crippen molar-refractivity contribution in [2.24, 2.45) is 0 Å². The second kappa shape index (κ2) is 5.60. The Balaban J connectivity index is 1.91. The van der Waals surface area contributed by atoms with Crippen LogP contribution in [0.15, 0.2) is 18.2 Å². The first-order valence-electron chi connectivity index (χ1n) is 6.28. The van der Waals surface area contributed by atoms with Crippen LogP contribution in [-0.4, -0.2) is 36.3 Å². The van der Waals surface area contributed by atoms with Crippen LogP contribution in [0.5, 0.6) is 0 Å². The summed E-state index contributed by atoms with van der Waals surface area (Å²) < 4.78 is 0. The monoisotopic (exact) mass is 262 g/mol. The summed E-state index contributed by atoms with van der Waals surface area (Å²) >= 11 is 0. The number of carbonyl (C=O) groups is 2. The minimum Gasteiger partial charge on any atom is -0.399 e. The Morgan fingerprint density at radius 2 is 1.68 bits per heavy atom. The summed E-state index contributed by atoms with van der Waals surface area (Å²) in [6.07, 6.45) is 2.07. The zero-order valence-electron chi connectivity index (χ0n) is 10.7. The Labute approximate surface area is 111 Å². The number of nitrogens with two attached hydrogens (primary N) is 2. The molecule has 19 heavy (non-hydrogen) atoms. The highest BCUT2D eigenvalue weighted by Crippen LogP contribution is 2.13. The average molecular weight is 262 g/mol. The SMILES string of the molecule is Nc1cc(N)cc(C(=O)NCC(=O)N2CCCC2)c1. The van der Waals surface area contributed by atoms with E-state index in [4.69, 9.17) is 11.5 Å². The van der Waals surface area contributed by atoms with Crippen molar-refractivity contribution in [3.63, 3.8) is 0 Å². The molecule has 1 aromatic rings. The topological polar surface area (TPSA) is 101 Å². The van der Waals surface area contributed by atoms with Crippen molar-refractivity contribution in [3.8, 4) is 0 Å². The molecule has 1 aromatic carbocycles. The lowest BCUT2D eigenvalue weighted by molar-refractivity contribution is -0.129. The number of amides is 2. The summed E-state index contributed by atoms with van der Waals surface area (Å²) in [6, 6.07) is 4.64. The maximum Gasteiger partial charge on any atom is 0.251 e. The predicted molar refractivity (Wildman–Crippen MR) is 73.4 cm³/mol. The number of likely N-dealkylation sites (tertiary alicyclic amines) is 1. The highest BCUT2D eigenvalue weighted by molar-refractivity contribution is 5.98. The van der Waals surface area contributed by atoms with Gasteiger partial charge in [0.05, 0.1) is 6.54 Å². The largest absolute Gasteiger partial charge is 0.399 e. The van der Waals surface area contributed by atoms with E-state index in [-0.39, 0.29) is 18.4 Å². The van der Waals surface area contributed by atoms with Gasteiger partial charge in [-0.25, -0.2) is 0 Å². The third-order valence-electron chi connectivity index (χ3n) is 3.10. The third kappa shape index (κ3) is 3.37. The summed E-state index contributed by atoms with van der Waals surface area (Å²) in [4.78, 5) is 25.4. The van der Waals surface area contributed by atoms with Crippen LogP contribution < -0.4 is 16.8 Å². The van der Waals surface area contributed by atoms with E-state index in [1.165, 1.54) is 12.1 Å². The van der Waals surface area contributed by atoms with Crippen molar-refractivity contribution < 1.29 is 9.59 Å². The van der Waals surface area contributed by atoms with E-state index in [9.17, 15) is 9.59 Å². The third-order valence-corrected chi connectivity index (χ3v) is 3.10. The van der Waals surface area contributed by atoms with E-state index in [2.05, 4.69) is 5.32 Å². The number of rotatable bonds is 3. The van der Waals surface area contributed by atoms with Crippen molar-refractivity contribution in [1.82, 2.24) is 10.2 Å². The highest BCUT2D eigenvalue weighted by Gasteiger charge is 2.18. The van der Waals surface area contributed by atoms with Gasteiger partial charge in [0.2, 0.25) is 5.91 Å². The molecule has 6 heteroatoms. The van der Waals surface area contributed by atoms with Crippen molar-refractivity contribution >= 4 is 23.2 Å². The maximum absolute atomic E-state index is 11.9. The minimum atomic E-state index is -0.341. The van der Waals surface area contributed by atoms with Crippen LogP contribution in [0.1, 0.15) is 23.2 Å². The van der Waals surface area contributed by atoms with E-state index in [1.54, 1.807) is 11.0 Å². The number of anilines is 2. The van der Waals surface area contributed by atoms with Gasteiger partial charge < -0.3 is 21.7 Å². The van der Waals surface area contributed by atoms with Crippen LogP contribution in [0.3, 0.4) is 0 Å². The first-order chi connectivity index (χ1) is 9.06. The standard InChI is InChI=1S/C13H18N4O2/c14-10-5-9(6-11(15)7-10)13(19)16-8-12(18)17-3-1-2-4-17/h5-7H,1-4,8,14-15H2,(H,16,19). The maximum atomic E-state index is 11.9. The smallest absolute Gasteiger partial charge is 0.251 e. The summed E-state index contributed by atoms with van der Waals surface area (Å²) in [6.45, 7) is 1.56. The zero-order chi connectivity index (χ0) is 13.8. The number of hydrogen-bond acceptors (Lipinski definition) is 4. The average Bonchev–Trinajstić information content (AvgIpc) is 2.88. The van der Waals surface area contributed by atoms with Crippen molar-refractivity contribution in [3.05, 3.63) is 23.8 Å². The van der Waals surface area contributed by atoms with Crippen LogP contribution >= 0.6 is 0 Å². The Bertz CT molecular complexity index is 475. The highest BCUT2D eigenvalue weighted by atomic mass is 16.2. The minimum absolute atomic E-state index is 0.00748. The first kappa shape index (κ1) is 13.2. The van der Waals surface area contributed by atoms with Gasteiger partial charge in [-0.3, -0.25) is 9.59 Å². The predicted octanol–water partition coefficient (Wildman–Crippen LogP) is 0.203. The molecule has 0 saturated carbocycles. The van der Waals surface area contributed by atoms with Gasteiger partial charge in [-0.1, -0.05) is 0 Å². The number of nitrogen functional groups attached to an aromatic ring is 2. The molecule has 0 unspecified atom stereocenters. The Hall–Kier alpha value is -2.24. The van der Waals surface area contributed by atoms with Crippen LogP contribution in [0.25, 0.3) is 0 Å². The Kier molecular flexibility index (Phi) is 3.89. The van der Waals surface area contributed by atoms with Crippen LogP contribution in [0, 0.1) is 0 Å². The Morgan fingerprint density at radius 3 is 2.26 bits per heavy atom. The van der Waals surface area contributed by atoms with Gasteiger partial charge in [-0.05, 0) is 31.0 Å². The van der Waals surface area contributed by atoms with Gasteiger partial charge in [0.15, 0.2) is 0 Å². The lowest BCUT2D eigenvalue weighted by atomic mass is 10.1. The summed E-state index contributed by atoms with van der Waals surface area (Å²) in [5.41, 5.74) is 12.5. The van der Waals surface area contributed by atoms with E-state index >= 15 is 0 Å². The van der Waals surface area contributed by atoms with Gasteiger partial charge in [0.1, 0.15) is 0 Å². The Morgan fingerprint density at radius 1 is 1.11 bits per heavy atom. The van der Waals surface area contributed by atoms with Gasteiger partial charge in [0, 0.05) is 30.0 Å². The molecule has 1 heterocycles. The molecule has 0 aromatic heterocycles. The molecular formula is C13H18N4O2. The lowest BCUT2D eigenvalue weighted by Gasteiger charge is -2.15. The van der Waals surface area contributed by atoms with E-state index < -0.39 is 0 Å². The van der Waals surface area contributed by atoms with Gasteiger partial charge >= 0.3 is 0 Å². The molecule has 0 atom stereocenters. The van der Waals surface area contributed by atoms with Gasteiger partial charge in [-0.2, -0.15) is 0 Å². The molecule has 1 aliphatic rings. The van der Waals surface area contributed by atoms with Crippen molar-refractivity contribution in [1.29, 1.82) is 0 Å². The molecule has 0 aliphatic carbocycles. The molecule has 0 radical (unpaired) electrons. The second-order valence-corrected chi connectivity index (χ2v) is 4.66. The normalized spacial score (nSPS) is 14.4. The number of benzene rings is 1. The molecule has 6 nitrogen and oxygen atoms in total. The number of hydrogen-bond donors (Lipinski definition) is 3. The lowest BCUT2D eigenvalue weighted by Crippen LogP contribution is -2.38. The number of carbonyl (C=O) groups excluding carboxylic acids is 2. The van der Waals surface area contributed by atoms with Gasteiger partial charge in [-0.15, -0.1) is 0 Å². The number of nitrogens with zero attached hydrogens (tertiary/aromatic N) is 1. The first-order valence-corrected chi connectivity index (χ1v) is 6.28. The zero-order valence-corrected chi connectivity index (χ0v) is 10.7. The summed E-state index contributed by atoms with van der Waals surface area (Å²) in [7, 11) is 0. The van der Waals surface area contributed by atoms with Crippen LogP contribution in [-0.2, 0) is 4.79 Å². The molecule has 2 amide bonds. The van der Waals surface area contributed by atoms with Crippen molar-refractivity contribution in [2.45, 2.75) is 12.8 Å². The van der Waals surface area contributed by atoms with Crippen LogP contribution in [0.4, 0.5) is 11.4 Å². The van der Waals surface area contributed by atoms with E-state index in [0.717, 1.165) is 25.9 Å². The van der Waals surface area contributed by atoms with Gasteiger partial charge in [0.25, 0.3) is 5.91 Å².